The number of benzene rings is 2. The Bertz CT molecular complexity index is 607. The predicted molar refractivity (Wildman–Crippen MR) is 79.4 cm³/mol. The molecular formula is C16H17N3. The molecule has 2 aromatic rings. The highest BCUT2D eigenvalue weighted by Crippen LogP contribution is 2.24. The molecule has 19 heavy (non-hydrogen) atoms. The van der Waals surface area contributed by atoms with Gasteiger partial charge in [-0.2, -0.15) is 5.26 Å². The molecule has 0 aromatic heterocycles. The third-order valence-electron chi connectivity index (χ3n) is 3.02. The largest absolute Gasteiger partial charge is 0.399 e. The molecule has 0 radical (unpaired) electrons. The molecule has 0 fully saturated rings. The van der Waals surface area contributed by atoms with Crippen molar-refractivity contribution in [1.29, 1.82) is 5.26 Å². The summed E-state index contributed by atoms with van der Waals surface area (Å²) in [5.41, 5.74) is 9.84. The van der Waals surface area contributed by atoms with Crippen LogP contribution in [-0.2, 0) is 0 Å². The minimum absolute atomic E-state index is 0.514. The Kier molecular flexibility index (Phi) is 3.72. The fourth-order valence-corrected chi connectivity index (χ4v) is 1.87. The van der Waals surface area contributed by atoms with Gasteiger partial charge in [0.15, 0.2) is 0 Å². The Morgan fingerprint density at radius 2 is 1.79 bits per heavy atom. The van der Waals surface area contributed by atoms with E-state index in [0.717, 1.165) is 11.4 Å². The second-order valence-corrected chi connectivity index (χ2v) is 4.82. The van der Waals surface area contributed by atoms with Crippen molar-refractivity contribution >= 4 is 17.1 Å². The normalized spacial score (nSPS) is 10.2. The molecule has 3 N–H and O–H groups in total. The highest BCUT2D eigenvalue weighted by Gasteiger charge is 2.04. The maximum atomic E-state index is 9.09. The van der Waals surface area contributed by atoms with Crippen LogP contribution in [0, 0.1) is 11.3 Å². The summed E-state index contributed by atoms with van der Waals surface area (Å²) in [6.45, 7) is 4.33. The van der Waals surface area contributed by atoms with Crippen LogP contribution in [0.5, 0.6) is 0 Å². The molecule has 0 spiro atoms. The third-order valence-corrected chi connectivity index (χ3v) is 3.02. The van der Waals surface area contributed by atoms with Crippen LogP contribution in [0.3, 0.4) is 0 Å². The maximum absolute atomic E-state index is 9.09. The van der Waals surface area contributed by atoms with E-state index in [1.165, 1.54) is 5.56 Å². The van der Waals surface area contributed by atoms with Gasteiger partial charge in [0.05, 0.1) is 11.3 Å². The minimum Gasteiger partial charge on any atom is -0.399 e. The Balaban J connectivity index is 2.24. The van der Waals surface area contributed by atoms with E-state index in [1.54, 1.807) is 12.1 Å². The predicted octanol–water partition coefficient (Wildman–Crippen LogP) is 4.01. The summed E-state index contributed by atoms with van der Waals surface area (Å²) in [7, 11) is 0. The molecule has 0 aliphatic carbocycles. The van der Waals surface area contributed by atoms with Gasteiger partial charge in [0.1, 0.15) is 6.07 Å². The average molecular weight is 251 g/mol. The van der Waals surface area contributed by atoms with E-state index in [2.05, 4.69) is 37.4 Å². The zero-order valence-electron chi connectivity index (χ0n) is 11.1. The number of hydrogen-bond donors (Lipinski definition) is 2. The Hall–Kier alpha value is -2.47. The average Bonchev–Trinajstić information content (AvgIpc) is 2.41. The molecule has 3 nitrogen and oxygen atoms in total. The van der Waals surface area contributed by atoms with Gasteiger partial charge in [-0.05, 0) is 41.8 Å². The van der Waals surface area contributed by atoms with Gasteiger partial charge in [-0.1, -0.05) is 26.0 Å². The third kappa shape index (κ3) is 3.05. The Labute approximate surface area is 113 Å². The molecule has 0 amide bonds. The monoisotopic (exact) mass is 251 g/mol. The van der Waals surface area contributed by atoms with E-state index in [4.69, 9.17) is 11.0 Å². The highest BCUT2D eigenvalue weighted by atomic mass is 14.9. The summed E-state index contributed by atoms with van der Waals surface area (Å²) in [6, 6.07) is 15.7. The van der Waals surface area contributed by atoms with Crippen LogP contribution < -0.4 is 11.1 Å². The second kappa shape index (κ2) is 5.45. The molecule has 2 aromatic carbocycles. The summed E-state index contributed by atoms with van der Waals surface area (Å²) in [6.07, 6.45) is 0. The molecule has 0 unspecified atom stereocenters. The van der Waals surface area contributed by atoms with E-state index in [0.29, 0.717) is 17.2 Å². The van der Waals surface area contributed by atoms with Crippen molar-refractivity contribution in [3.05, 3.63) is 53.6 Å². The fraction of sp³-hybridized carbons (Fsp3) is 0.188. The Morgan fingerprint density at radius 3 is 2.37 bits per heavy atom. The first kappa shape index (κ1) is 13.0. The van der Waals surface area contributed by atoms with Crippen molar-refractivity contribution in [2.24, 2.45) is 0 Å². The van der Waals surface area contributed by atoms with Gasteiger partial charge in [-0.3, -0.25) is 0 Å². The standard InChI is InChI=1S/C16H17N3/c1-11(2)12-3-6-15(7-4-12)19-16-8-5-14(18)9-13(16)10-17/h3-9,11,19H,18H2,1-2H3. The van der Waals surface area contributed by atoms with Crippen LogP contribution in [0.25, 0.3) is 0 Å². The number of rotatable bonds is 3. The molecule has 3 heteroatoms. The van der Waals surface area contributed by atoms with Gasteiger partial charge in [-0.25, -0.2) is 0 Å². The molecule has 0 aliphatic heterocycles. The van der Waals surface area contributed by atoms with Crippen molar-refractivity contribution in [2.45, 2.75) is 19.8 Å². The number of nitrogens with one attached hydrogen (secondary N) is 1. The molecule has 0 bridgehead atoms. The van der Waals surface area contributed by atoms with Crippen molar-refractivity contribution < 1.29 is 0 Å². The maximum Gasteiger partial charge on any atom is 0.101 e. The molecule has 2 rings (SSSR count). The van der Waals surface area contributed by atoms with Crippen LogP contribution in [0.2, 0.25) is 0 Å². The highest BCUT2D eigenvalue weighted by molar-refractivity contribution is 5.69. The lowest BCUT2D eigenvalue weighted by Gasteiger charge is -2.10. The number of nitrogens with zero attached hydrogens (tertiary/aromatic N) is 1. The van der Waals surface area contributed by atoms with Gasteiger partial charge in [0.2, 0.25) is 0 Å². The van der Waals surface area contributed by atoms with Crippen LogP contribution in [0.15, 0.2) is 42.5 Å². The minimum atomic E-state index is 0.514. The van der Waals surface area contributed by atoms with E-state index in [1.807, 2.05) is 18.2 Å². The molecule has 0 saturated heterocycles. The van der Waals surface area contributed by atoms with Crippen molar-refractivity contribution in [2.75, 3.05) is 11.1 Å². The van der Waals surface area contributed by atoms with Gasteiger partial charge in [0.25, 0.3) is 0 Å². The van der Waals surface area contributed by atoms with Crippen LogP contribution in [-0.4, -0.2) is 0 Å². The smallest absolute Gasteiger partial charge is 0.101 e. The number of nitrogen functional groups attached to an aromatic ring is 1. The molecular weight excluding hydrogens is 234 g/mol. The van der Waals surface area contributed by atoms with Crippen LogP contribution >= 0.6 is 0 Å². The fourth-order valence-electron chi connectivity index (χ4n) is 1.87. The van der Waals surface area contributed by atoms with Crippen LogP contribution in [0.4, 0.5) is 17.1 Å². The van der Waals surface area contributed by atoms with Crippen LogP contribution in [0.1, 0.15) is 30.9 Å². The zero-order valence-corrected chi connectivity index (χ0v) is 11.1. The zero-order chi connectivity index (χ0) is 13.8. The summed E-state index contributed by atoms with van der Waals surface area (Å²) in [4.78, 5) is 0. The molecule has 0 saturated carbocycles. The topological polar surface area (TPSA) is 61.8 Å². The number of nitrogens with two attached hydrogens (primary N) is 1. The van der Waals surface area contributed by atoms with Crippen molar-refractivity contribution in [3.8, 4) is 6.07 Å². The quantitative estimate of drug-likeness (QED) is 0.810. The van der Waals surface area contributed by atoms with Crippen molar-refractivity contribution in [1.82, 2.24) is 0 Å². The van der Waals surface area contributed by atoms with E-state index in [9.17, 15) is 0 Å². The molecule has 0 aliphatic rings. The SMILES string of the molecule is CC(C)c1ccc(Nc2ccc(N)cc2C#N)cc1. The second-order valence-electron chi connectivity index (χ2n) is 4.82. The first-order chi connectivity index (χ1) is 9.10. The van der Waals surface area contributed by atoms with E-state index in [-0.39, 0.29) is 0 Å². The van der Waals surface area contributed by atoms with Gasteiger partial charge < -0.3 is 11.1 Å². The number of anilines is 3. The van der Waals surface area contributed by atoms with Gasteiger partial charge >= 0.3 is 0 Å². The first-order valence-electron chi connectivity index (χ1n) is 6.27. The van der Waals surface area contributed by atoms with Gasteiger partial charge in [0, 0.05) is 11.4 Å². The molecule has 0 atom stereocenters. The first-order valence-corrected chi connectivity index (χ1v) is 6.27. The lowest BCUT2D eigenvalue weighted by atomic mass is 10.0. The molecule has 0 heterocycles. The van der Waals surface area contributed by atoms with Crippen molar-refractivity contribution in [3.63, 3.8) is 0 Å². The summed E-state index contributed by atoms with van der Waals surface area (Å²) < 4.78 is 0. The lowest BCUT2D eigenvalue weighted by molar-refractivity contribution is 0.867. The lowest BCUT2D eigenvalue weighted by Crippen LogP contribution is -1.96. The number of nitriles is 1. The summed E-state index contributed by atoms with van der Waals surface area (Å²) >= 11 is 0. The number of hydrogen-bond acceptors (Lipinski definition) is 3. The summed E-state index contributed by atoms with van der Waals surface area (Å²) in [5.74, 6) is 0.514. The van der Waals surface area contributed by atoms with E-state index >= 15 is 0 Å². The summed E-state index contributed by atoms with van der Waals surface area (Å²) in [5, 5.41) is 12.3. The van der Waals surface area contributed by atoms with Gasteiger partial charge in [-0.15, -0.1) is 0 Å². The van der Waals surface area contributed by atoms with E-state index < -0.39 is 0 Å². The Morgan fingerprint density at radius 1 is 1.11 bits per heavy atom. The molecule has 96 valence electrons.